The van der Waals surface area contributed by atoms with Crippen LogP contribution in [0.3, 0.4) is 0 Å². The van der Waals surface area contributed by atoms with Crippen molar-refractivity contribution < 1.29 is 22.5 Å². The Balaban J connectivity index is 2.07. The molecule has 0 aliphatic carbocycles. The van der Waals surface area contributed by atoms with E-state index in [4.69, 9.17) is 4.52 Å². The molecule has 0 radical (unpaired) electrons. The van der Waals surface area contributed by atoms with Crippen molar-refractivity contribution in [3.05, 3.63) is 41.2 Å². The number of hydrogen-bond donors (Lipinski definition) is 2. The number of carbonyl (C=O) groups is 1. The number of rotatable bonds is 4. The van der Waals surface area contributed by atoms with E-state index in [1.165, 1.54) is 32.0 Å². The maximum atomic E-state index is 12.9. The number of halogens is 3. The van der Waals surface area contributed by atoms with Gasteiger partial charge in [0.1, 0.15) is 11.8 Å². The van der Waals surface area contributed by atoms with Crippen LogP contribution in [0.2, 0.25) is 0 Å². The smallest absolute Gasteiger partial charge is 0.374 e. The Kier molecular flexibility index (Phi) is 4.63. The maximum Gasteiger partial charge on any atom is 0.416 e. The number of aryl methyl sites for hydroxylation is 2. The van der Waals surface area contributed by atoms with Crippen LogP contribution in [0.25, 0.3) is 0 Å². The van der Waals surface area contributed by atoms with E-state index in [0.29, 0.717) is 5.76 Å². The standard InChI is InChI=1S/C15H16F3N3O2/c1-8-4-5-11(7-12(8)15(16,17)18)19-10(3)14(22)20-13-6-9(2)23-21-13/h4-7,10,19H,1-3H3,(H,20,21,22)/t10-/m1/s1. The molecule has 124 valence electrons. The molecule has 2 aromatic rings. The summed E-state index contributed by atoms with van der Waals surface area (Å²) in [4.78, 5) is 12.0. The summed E-state index contributed by atoms with van der Waals surface area (Å²) in [5.41, 5.74) is -0.401. The molecule has 1 amide bonds. The van der Waals surface area contributed by atoms with Crippen LogP contribution in [-0.2, 0) is 11.0 Å². The van der Waals surface area contributed by atoms with Gasteiger partial charge < -0.3 is 15.2 Å². The van der Waals surface area contributed by atoms with Gasteiger partial charge in [-0.3, -0.25) is 4.79 Å². The first-order valence-electron chi connectivity index (χ1n) is 6.85. The number of alkyl halides is 3. The lowest BCUT2D eigenvalue weighted by Gasteiger charge is -2.17. The summed E-state index contributed by atoms with van der Waals surface area (Å²) < 4.78 is 43.5. The van der Waals surface area contributed by atoms with Crippen LogP contribution in [0.5, 0.6) is 0 Å². The van der Waals surface area contributed by atoms with Crippen LogP contribution in [-0.4, -0.2) is 17.1 Å². The lowest BCUT2D eigenvalue weighted by atomic mass is 10.1. The Hall–Kier alpha value is -2.51. The zero-order valence-corrected chi connectivity index (χ0v) is 12.8. The van der Waals surface area contributed by atoms with E-state index in [9.17, 15) is 18.0 Å². The molecule has 0 spiro atoms. The topological polar surface area (TPSA) is 67.2 Å². The average molecular weight is 327 g/mol. The summed E-state index contributed by atoms with van der Waals surface area (Å²) in [7, 11) is 0. The summed E-state index contributed by atoms with van der Waals surface area (Å²) in [5.74, 6) is 0.350. The van der Waals surface area contributed by atoms with E-state index in [0.717, 1.165) is 6.07 Å². The Labute approximate surface area is 130 Å². The number of carbonyl (C=O) groups excluding carboxylic acids is 1. The molecule has 0 aliphatic heterocycles. The maximum absolute atomic E-state index is 12.9. The molecule has 0 aliphatic rings. The van der Waals surface area contributed by atoms with Gasteiger partial charge in [0, 0.05) is 11.8 Å². The lowest BCUT2D eigenvalue weighted by Crippen LogP contribution is -2.32. The first-order chi connectivity index (χ1) is 10.7. The molecule has 23 heavy (non-hydrogen) atoms. The van der Waals surface area contributed by atoms with Crippen molar-refractivity contribution in [3.8, 4) is 0 Å². The van der Waals surface area contributed by atoms with E-state index >= 15 is 0 Å². The molecular formula is C15H16F3N3O2. The fourth-order valence-electron chi connectivity index (χ4n) is 1.99. The van der Waals surface area contributed by atoms with Crippen molar-refractivity contribution >= 4 is 17.4 Å². The first-order valence-corrected chi connectivity index (χ1v) is 6.85. The summed E-state index contributed by atoms with van der Waals surface area (Å²) in [6, 6.07) is 4.62. The van der Waals surface area contributed by atoms with Crippen LogP contribution in [0.15, 0.2) is 28.8 Å². The number of aromatic nitrogens is 1. The van der Waals surface area contributed by atoms with E-state index in [1.54, 1.807) is 6.92 Å². The van der Waals surface area contributed by atoms with Crippen molar-refractivity contribution in [2.24, 2.45) is 0 Å². The molecule has 0 bridgehead atoms. The van der Waals surface area contributed by atoms with Gasteiger partial charge in [-0.15, -0.1) is 0 Å². The number of hydrogen-bond acceptors (Lipinski definition) is 4. The SMILES string of the molecule is Cc1cc(NC(=O)[C@@H](C)Nc2ccc(C)c(C(F)(F)F)c2)no1. The zero-order valence-electron chi connectivity index (χ0n) is 12.8. The lowest BCUT2D eigenvalue weighted by molar-refractivity contribution is -0.138. The van der Waals surface area contributed by atoms with Crippen molar-refractivity contribution in [2.75, 3.05) is 10.6 Å². The second-order valence-electron chi connectivity index (χ2n) is 5.21. The molecule has 2 rings (SSSR count). The highest BCUT2D eigenvalue weighted by molar-refractivity contribution is 5.95. The third-order valence-corrected chi connectivity index (χ3v) is 3.20. The summed E-state index contributed by atoms with van der Waals surface area (Å²) in [6.07, 6.45) is -4.44. The minimum atomic E-state index is -4.44. The fourth-order valence-corrected chi connectivity index (χ4v) is 1.99. The van der Waals surface area contributed by atoms with Crippen LogP contribution in [0, 0.1) is 13.8 Å². The molecule has 1 atom stereocenters. The Morgan fingerprint density at radius 2 is 1.96 bits per heavy atom. The van der Waals surface area contributed by atoms with Gasteiger partial charge in [0.15, 0.2) is 5.82 Å². The predicted octanol–water partition coefficient (Wildman–Crippen LogP) is 3.75. The Bertz CT molecular complexity index is 710. The van der Waals surface area contributed by atoms with Gasteiger partial charge in [-0.1, -0.05) is 11.2 Å². The zero-order chi connectivity index (χ0) is 17.2. The van der Waals surface area contributed by atoms with Crippen molar-refractivity contribution in [1.29, 1.82) is 0 Å². The van der Waals surface area contributed by atoms with E-state index in [-0.39, 0.29) is 17.1 Å². The quantitative estimate of drug-likeness (QED) is 0.897. The van der Waals surface area contributed by atoms with E-state index in [2.05, 4.69) is 15.8 Å². The minimum Gasteiger partial charge on any atom is -0.374 e. The normalized spacial score (nSPS) is 12.8. The number of benzene rings is 1. The number of anilines is 2. The monoisotopic (exact) mass is 327 g/mol. The Morgan fingerprint density at radius 1 is 1.26 bits per heavy atom. The second-order valence-corrected chi connectivity index (χ2v) is 5.21. The van der Waals surface area contributed by atoms with E-state index < -0.39 is 23.7 Å². The molecule has 1 aromatic carbocycles. The fraction of sp³-hybridized carbons (Fsp3) is 0.333. The molecule has 0 saturated heterocycles. The van der Waals surface area contributed by atoms with Gasteiger partial charge in [-0.2, -0.15) is 13.2 Å². The molecule has 1 aromatic heterocycles. The highest BCUT2D eigenvalue weighted by Gasteiger charge is 2.32. The van der Waals surface area contributed by atoms with Crippen LogP contribution >= 0.6 is 0 Å². The molecule has 2 N–H and O–H groups in total. The molecule has 8 heteroatoms. The average Bonchev–Trinajstić information content (AvgIpc) is 2.85. The highest BCUT2D eigenvalue weighted by atomic mass is 19.4. The second kappa shape index (κ2) is 6.31. The third kappa shape index (κ3) is 4.24. The van der Waals surface area contributed by atoms with Gasteiger partial charge in [-0.05, 0) is 38.5 Å². The van der Waals surface area contributed by atoms with Crippen molar-refractivity contribution in [3.63, 3.8) is 0 Å². The number of amides is 1. The van der Waals surface area contributed by atoms with Crippen LogP contribution < -0.4 is 10.6 Å². The molecular weight excluding hydrogens is 311 g/mol. The predicted molar refractivity (Wildman–Crippen MR) is 79.1 cm³/mol. The Morgan fingerprint density at radius 3 is 2.52 bits per heavy atom. The van der Waals surface area contributed by atoms with Gasteiger partial charge in [-0.25, -0.2) is 0 Å². The van der Waals surface area contributed by atoms with Gasteiger partial charge in [0.2, 0.25) is 5.91 Å². The van der Waals surface area contributed by atoms with Crippen LogP contribution in [0.1, 0.15) is 23.8 Å². The number of nitrogens with zero attached hydrogens (tertiary/aromatic N) is 1. The number of nitrogens with one attached hydrogen (secondary N) is 2. The van der Waals surface area contributed by atoms with Gasteiger partial charge in [0.05, 0.1) is 5.56 Å². The largest absolute Gasteiger partial charge is 0.416 e. The molecule has 1 heterocycles. The molecule has 5 nitrogen and oxygen atoms in total. The first kappa shape index (κ1) is 16.9. The summed E-state index contributed by atoms with van der Waals surface area (Å²) in [6.45, 7) is 4.60. The molecule has 0 unspecified atom stereocenters. The minimum absolute atomic E-state index is 0.123. The van der Waals surface area contributed by atoms with Crippen molar-refractivity contribution in [1.82, 2.24) is 5.16 Å². The van der Waals surface area contributed by atoms with Gasteiger partial charge in [0.25, 0.3) is 0 Å². The van der Waals surface area contributed by atoms with Gasteiger partial charge >= 0.3 is 6.18 Å². The molecule has 0 fully saturated rings. The summed E-state index contributed by atoms with van der Waals surface area (Å²) >= 11 is 0. The third-order valence-electron chi connectivity index (χ3n) is 3.20. The molecule has 0 saturated carbocycles. The van der Waals surface area contributed by atoms with Crippen molar-refractivity contribution in [2.45, 2.75) is 33.0 Å². The highest BCUT2D eigenvalue weighted by Crippen LogP contribution is 2.33. The van der Waals surface area contributed by atoms with Crippen LogP contribution in [0.4, 0.5) is 24.7 Å². The van der Waals surface area contributed by atoms with E-state index in [1.807, 2.05) is 0 Å². The summed E-state index contributed by atoms with van der Waals surface area (Å²) in [5, 5.41) is 8.87.